The summed E-state index contributed by atoms with van der Waals surface area (Å²) >= 11 is 3.57. The molecule has 1 saturated carbocycles. The molecule has 3 rings (SSSR count). The Morgan fingerprint density at radius 2 is 2.18 bits per heavy atom. The summed E-state index contributed by atoms with van der Waals surface area (Å²) in [7, 11) is 1.97. The Bertz CT molecular complexity index is 582. The van der Waals surface area contributed by atoms with E-state index in [0.29, 0.717) is 0 Å². The van der Waals surface area contributed by atoms with Gasteiger partial charge in [0.05, 0.1) is 5.52 Å². The second-order valence-corrected chi connectivity index (χ2v) is 5.81. The van der Waals surface area contributed by atoms with Crippen molar-refractivity contribution in [2.45, 2.75) is 31.2 Å². The van der Waals surface area contributed by atoms with Gasteiger partial charge in [0, 0.05) is 23.9 Å². The number of hydrogen-bond donors (Lipinski definition) is 1. The number of nitrogens with two attached hydrogens (primary N) is 1. The highest BCUT2D eigenvalue weighted by molar-refractivity contribution is 9.10. The third-order valence-electron chi connectivity index (χ3n) is 4.03. The fourth-order valence-electron chi connectivity index (χ4n) is 2.78. The van der Waals surface area contributed by atoms with Crippen molar-refractivity contribution in [3.8, 4) is 0 Å². The SMILES string of the molecule is CC(N)C1(c2cccc3c2c(Br)nn3C)CC1. The highest BCUT2D eigenvalue weighted by Gasteiger charge is 2.48. The fourth-order valence-corrected chi connectivity index (χ4v) is 3.44. The maximum Gasteiger partial charge on any atom is 0.136 e. The first-order chi connectivity index (χ1) is 8.06. The number of rotatable bonds is 2. The first-order valence-corrected chi connectivity index (χ1v) is 6.73. The average molecular weight is 294 g/mol. The van der Waals surface area contributed by atoms with E-state index in [-0.39, 0.29) is 11.5 Å². The maximum atomic E-state index is 6.17. The van der Waals surface area contributed by atoms with Crippen molar-refractivity contribution in [1.29, 1.82) is 0 Å². The smallest absolute Gasteiger partial charge is 0.136 e. The summed E-state index contributed by atoms with van der Waals surface area (Å²) in [5.41, 5.74) is 8.86. The van der Waals surface area contributed by atoms with E-state index in [1.54, 1.807) is 0 Å². The van der Waals surface area contributed by atoms with E-state index in [4.69, 9.17) is 5.73 Å². The third kappa shape index (κ3) is 1.47. The number of fused-ring (bicyclic) bond motifs is 1. The molecule has 90 valence electrons. The van der Waals surface area contributed by atoms with Gasteiger partial charge in [0.25, 0.3) is 0 Å². The van der Waals surface area contributed by atoms with Crippen LogP contribution in [0.4, 0.5) is 0 Å². The largest absolute Gasteiger partial charge is 0.327 e. The molecule has 2 aromatic rings. The first-order valence-electron chi connectivity index (χ1n) is 5.93. The summed E-state index contributed by atoms with van der Waals surface area (Å²) in [6, 6.07) is 6.60. The lowest BCUT2D eigenvalue weighted by atomic mass is 9.87. The van der Waals surface area contributed by atoms with E-state index in [1.165, 1.54) is 29.3 Å². The van der Waals surface area contributed by atoms with Crippen molar-refractivity contribution in [3.63, 3.8) is 0 Å². The van der Waals surface area contributed by atoms with Gasteiger partial charge in [-0.2, -0.15) is 5.10 Å². The van der Waals surface area contributed by atoms with Gasteiger partial charge in [-0.05, 0) is 47.3 Å². The lowest BCUT2D eigenvalue weighted by Crippen LogP contribution is -2.31. The Morgan fingerprint density at radius 1 is 1.47 bits per heavy atom. The Labute approximate surface area is 109 Å². The van der Waals surface area contributed by atoms with Crippen LogP contribution in [0.25, 0.3) is 10.9 Å². The molecule has 1 heterocycles. The average Bonchev–Trinajstić information content (AvgIpc) is 3.04. The van der Waals surface area contributed by atoms with Crippen LogP contribution in [-0.4, -0.2) is 15.8 Å². The van der Waals surface area contributed by atoms with E-state index in [1.807, 2.05) is 11.7 Å². The van der Waals surface area contributed by atoms with E-state index in [0.717, 1.165) is 4.60 Å². The topological polar surface area (TPSA) is 43.8 Å². The Kier molecular flexibility index (Phi) is 2.35. The molecule has 1 atom stereocenters. The van der Waals surface area contributed by atoms with E-state index in [9.17, 15) is 0 Å². The first kappa shape index (κ1) is 11.2. The van der Waals surface area contributed by atoms with Crippen molar-refractivity contribution >= 4 is 26.8 Å². The zero-order valence-corrected chi connectivity index (χ0v) is 11.7. The zero-order valence-electron chi connectivity index (χ0n) is 10.1. The van der Waals surface area contributed by atoms with Crippen LogP contribution in [-0.2, 0) is 12.5 Å². The van der Waals surface area contributed by atoms with Gasteiger partial charge in [-0.15, -0.1) is 0 Å². The summed E-state index contributed by atoms with van der Waals surface area (Å²) in [6.45, 7) is 2.11. The molecule has 0 radical (unpaired) electrons. The molecule has 1 aromatic carbocycles. The monoisotopic (exact) mass is 293 g/mol. The second-order valence-electron chi connectivity index (χ2n) is 5.06. The molecular weight excluding hydrogens is 278 g/mol. The molecule has 2 N–H and O–H groups in total. The van der Waals surface area contributed by atoms with E-state index >= 15 is 0 Å². The van der Waals surface area contributed by atoms with Crippen LogP contribution >= 0.6 is 15.9 Å². The molecular formula is C13H16BrN3. The number of aromatic nitrogens is 2. The van der Waals surface area contributed by atoms with Gasteiger partial charge in [-0.1, -0.05) is 12.1 Å². The molecule has 3 nitrogen and oxygen atoms in total. The van der Waals surface area contributed by atoms with Crippen LogP contribution in [0.3, 0.4) is 0 Å². The minimum Gasteiger partial charge on any atom is -0.327 e. The van der Waals surface area contributed by atoms with Crippen molar-refractivity contribution in [1.82, 2.24) is 9.78 Å². The summed E-state index contributed by atoms with van der Waals surface area (Å²) in [6.07, 6.45) is 2.37. The van der Waals surface area contributed by atoms with Crippen LogP contribution in [0, 0.1) is 0 Å². The maximum absolute atomic E-state index is 6.17. The van der Waals surface area contributed by atoms with Crippen LogP contribution in [0.1, 0.15) is 25.3 Å². The predicted octanol–water partition coefficient (Wildman–Crippen LogP) is 2.71. The number of hydrogen-bond acceptors (Lipinski definition) is 2. The number of benzene rings is 1. The summed E-state index contributed by atoms with van der Waals surface area (Å²) < 4.78 is 2.85. The molecule has 1 unspecified atom stereocenters. The Morgan fingerprint density at radius 3 is 2.76 bits per heavy atom. The van der Waals surface area contributed by atoms with E-state index in [2.05, 4.69) is 46.2 Å². The summed E-state index contributed by atoms with van der Waals surface area (Å²) in [5.74, 6) is 0. The lowest BCUT2D eigenvalue weighted by molar-refractivity contribution is 0.560. The second kappa shape index (κ2) is 3.56. The number of nitrogens with zero attached hydrogens (tertiary/aromatic N) is 2. The quantitative estimate of drug-likeness (QED) is 0.925. The van der Waals surface area contributed by atoms with Gasteiger partial charge in [0.15, 0.2) is 0 Å². The van der Waals surface area contributed by atoms with Gasteiger partial charge < -0.3 is 5.73 Å². The van der Waals surface area contributed by atoms with Crippen molar-refractivity contribution in [2.24, 2.45) is 12.8 Å². The molecule has 4 heteroatoms. The minimum absolute atomic E-state index is 0.172. The molecule has 1 fully saturated rings. The van der Waals surface area contributed by atoms with E-state index < -0.39 is 0 Å². The van der Waals surface area contributed by atoms with Gasteiger partial charge in [-0.3, -0.25) is 4.68 Å². The van der Waals surface area contributed by atoms with Gasteiger partial charge in [-0.25, -0.2) is 0 Å². The normalized spacial score (nSPS) is 19.5. The third-order valence-corrected chi connectivity index (χ3v) is 4.59. The number of halogens is 1. The molecule has 1 aromatic heterocycles. The summed E-state index contributed by atoms with van der Waals surface area (Å²) in [4.78, 5) is 0. The molecule has 0 bridgehead atoms. The highest BCUT2D eigenvalue weighted by Crippen LogP contribution is 2.52. The molecule has 0 spiro atoms. The van der Waals surface area contributed by atoms with Gasteiger partial charge in [0.2, 0.25) is 0 Å². The van der Waals surface area contributed by atoms with Gasteiger partial charge in [0.1, 0.15) is 4.60 Å². The Hall–Kier alpha value is -0.870. The molecule has 0 saturated heterocycles. The van der Waals surface area contributed by atoms with Crippen molar-refractivity contribution < 1.29 is 0 Å². The Balaban J connectivity index is 2.31. The van der Waals surface area contributed by atoms with Crippen molar-refractivity contribution in [2.75, 3.05) is 0 Å². The molecule has 0 amide bonds. The fraction of sp³-hybridized carbons (Fsp3) is 0.462. The van der Waals surface area contributed by atoms with Crippen LogP contribution in [0.5, 0.6) is 0 Å². The zero-order chi connectivity index (χ0) is 12.2. The lowest BCUT2D eigenvalue weighted by Gasteiger charge is -2.21. The van der Waals surface area contributed by atoms with Crippen LogP contribution in [0.2, 0.25) is 0 Å². The molecule has 17 heavy (non-hydrogen) atoms. The highest BCUT2D eigenvalue weighted by atomic mass is 79.9. The molecule has 0 aliphatic heterocycles. The standard InChI is InChI=1S/C13H16BrN3/c1-8(15)13(6-7-13)9-4-3-5-10-11(9)12(14)16-17(10)2/h3-5,8H,6-7,15H2,1-2H3. The van der Waals surface area contributed by atoms with Crippen LogP contribution in [0.15, 0.2) is 22.8 Å². The van der Waals surface area contributed by atoms with Crippen LogP contribution < -0.4 is 5.73 Å². The van der Waals surface area contributed by atoms with Gasteiger partial charge >= 0.3 is 0 Å². The van der Waals surface area contributed by atoms with Crippen molar-refractivity contribution in [3.05, 3.63) is 28.4 Å². The molecule has 1 aliphatic carbocycles. The number of aryl methyl sites for hydroxylation is 1. The predicted molar refractivity (Wildman–Crippen MR) is 73.0 cm³/mol. The summed E-state index contributed by atoms with van der Waals surface area (Å²) in [5, 5.41) is 5.67. The molecule has 1 aliphatic rings. The minimum atomic E-state index is 0.172.